The lowest BCUT2D eigenvalue weighted by atomic mass is 10.0. The maximum absolute atomic E-state index is 12.5. The van der Waals surface area contributed by atoms with Gasteiger partial charge in [-0.3, -0.25) is 9.59 Å². The minimum atomic E-state index is -0.832. The fraction of sp³-hybridized carbons (Fsp3) is 0.400. The monoisotopic (exact) mass is 453 g/mol. The molecule has 0 unspecified atom stereocenters. The Balaban J connectivity index is 1.46. The summed E-state index contributed by atoms with van der Waals surface area (Å²) in [5.74, 6) is -1.54. The number of carbonyl (C=O) groups excluding carboxylic acids is 3. The van der Waals surface area contributed by atoms with Gasteiger partial charge in [0.05, 0.1) is 19.6 Å². The SMILES string of the molecule is CC(C)[C@@H](NC(=O)Cc1ccccc1)C(=O)OCC(=O)Nc1ccc(N2CCOCC2)cc1. The van der Waals surface area contributed by atoms with Crippen LogP contribution in [0.4, 0.5) is 11.4 Å². The molecule has 2 aromatic carbocycles. The van der Waals surface area contributed by atoms with Crippen molar-refractivity contribution in [1.29, 1.82) is 0 Å². The zero-order chi connectivity index (χ0) is 23.6. The topological polar surface area (TPSA) is 97.0 Å². The molecule has 1 heterocycles. The van der Waals surface area contributed by atoms with Gasteiger partial charge in [-0.05, 0) is 35.7 Å². The Hall–Kier alpha value is -3.39. The van der Waals surface area contributed by atoms with Crippen LogP contribution in [0.5, 0.6) is 0 Å². The summed E-state index contributed by atoms with van der Waals surface area (Å²) >= 11 is 0. The van der Waals surface area contributed by atoms with Crippen molar-refractivity contribution in [2.24, 2.45) is 5.92 Å². The van der Waals surface area contributed by atoms with Crippen molar-refractivity contribution in [3.8, 4) is 0 Å². The number of morpholine rings is 1. The van der Waals surface area contributed by atoms with Crippen molar-refractivity contribution in [2.45, 2.75) is 26.3 Å². The average molecular weight is 454 g/mol. The van der Waals surface area contributed by atoms with Gasteiger partial charge in [-0.1, -0.05) is 44.2 Å². The van der Waals surface area contributed by atoms with E-state index < -0.39 is 24.5 Å². The van der Waals surface area contributed by atoms with Gasteiger partial charge in [0, 0.05) is 24.5 Å². The maximum atomic E-state index is 12.5. The molecule has 33 heavy (non-hydrogen) atoms. The van der Waals surface area contributed by atoms with Crippen LogP contribution in [0.15, 0.2) is 54.6 Å². The molecule has 2 amide bonds. The van der Waals surface area contributed by atoms with Crippen LogP contribution in [0, 0.1) is 5.92 Å². The summed E-state index contributed by atoms with van der Waals surface area (Å²) in [6, 6.07) is 15.9. The lowest BCUT2D eigenvalue weighted by Gasteiger charge is -2.28. The fourth-order valence-electron chi connectivity index (χ4n) is 3.50. The normalized spacial score (nSPS) is 14.5. The molecule has 0 aliphatic carbocycles. The van der Waals surface area contributed by atoms with Crippen molar-refractivity contribution in [3.05, 3.63) is 60.2 Å². The molecule has 2 aromatic rings. The summed E-state index contributed by atoms with van der Waals surface area (Å²) in [6.45, 7) is 6.26. The molecule has 0 bridgehead atoms. The van der Waals surface area contributed by atoms with Crippen LogP contribution in [0.25, 0.3) is 0 Å². The predicted octanol–water partition coefficient (Wildman–Crippen LogP) is 2.39. The highest BCUT2D eigenvalue weighted by Crippen LogP contribution is 2.19. The first-order valence-corrected chi connectivity index (χ1v) is 11.1. The molecule has 1 aliphatic rings. The second kappa shape index (κ2) is 12.0. The number of rotatable bonds is 9. The Morgan fingerprint density at radius 3 is 2.27 bits per heavy atom. The number of amides is 2. The predicted molar refractivity (Wildman–Crippen MR) is 126 cm³/mol. The molecule has 1 fully saturated rings. The van der Waals surface area contributed by atoms with E-state index in [2.05, 4.69) is 15.5 Å². The summed E-state index contributed by atoms with van der Waals surface area (Å²) in [5.41, 5.74) is 2.53. The molecule has 3 rings (SSSR count). The Bertz CT molecular complexity index is 925. The van der Waals surface area contributed by atoms with Gasteiger partial charge in [0.1, 0.15) is 6.04 Å². The third kappa shape index (κ3) is 7.61. The molecule has 8 nitrogen and oxygen atoms in total. The zero-order valence-electron chi connectivity index (χ0n) is 19.1. The van der Waals surface area contributed by atoms with Gasteiger partial charge in [0.25, 0.3) is 5.91 Å². The van der Waals surface area contributed by atoms with Gasteiger partial charge in [-0.2, -0.15) is 0 Å². The molecule has 1 aliphatic heterocycles. The quantitative estimate of drug-likeness (QED) is 0.566. The van der Waals surface area contributed by atoms with Crippen LogP contribution in [-0.2, 0) is 30.3 Å². The summed E-state index contributed by atoms with van der Waals surface area (Å²) in [7, 11) is 0. The molecule has 176 valence electrons. The van der Waals surface area contributed by atoms with Gasteiger partial charge in [-0.15, -0.1) is 0 Å². The van der Waals surface area contributed by atoms with E-state index in [9.17, 15) is 14.4 Å². The third-order valence-electron chi connectivity index (χ3n) is 5.32. The molecule has 0 radical (unpaired) electrons. The Morgan fingerprint density at radius 2 is 1.64 bits per heavy atom. The third-order valence-corrected chi connectivity index (χ3v) is 5.32. The Morgan fingerprint density at radius 1 is 0.970 bits per heavy atom. The van der Waals surface area contributed by atoms with Crippen LogP contribution in [0.1, 0.15) is 19.4 Å². The van der Waals surface area contributed by atoms with Crippen molar-refractivity contribution in [3.63, 3.8) is 0 Å². The highest BCUT2D eigenvalue weighted by atomic mass is 16.5. The smallest absolute Gasteiger partial charge is 0.329 e. The summed E-state index contributed by atoms with van der Waals surface area (Å²) in [6.07, 6.45) is 0.165. The Labute approximate surface area is 194 Å². The number of carbonyl (C=O) groups is 3. The lowest BCUT2D eigenvalue weighted by Crippen LogP contribution is -2.46. The number of esters is 1. The van der Waals surface area contributed by atoms with E-state index in [0.29, 0.717) is 18.9 Å². The van der Waals surface area contributed by atoms with Gasteiger partial charge in [-0.25, -0.2) is 4.79 Å². The van der Waals surface area contributed by atoms with E-state index in [1.165, 1.54) is 0 Å². The minimum Gasteiger partial charge on any atom is -0.454 e. The van der Waals surface area contributed by atoms with E-state index in [1.807, 2.05) is 68.4 Å². The average Bonchev–Trinajstić information content (AvgIpc) is 2.82. The van der Waals surface area contributed by atoms with Gasteiger partial charge < -0.3 is 25.0 Å². The van der Waals surface area contributed by atoms with E-state index in [0.717, 1.165) is 24.3 Å². The maximum Gasteiger partial charge on any atom is 0.329 e. The molecule has 8 heteroatoms. The fourth-order valence-corrected chi connectivity index (χ4v) is 3.50. The van der Waals surface area contributed by atoms with Gasteiger partial charge >= 0.3 is 5.97 Å². The van der Waals surface area contributed by atoms with Crippen LogP contribution >= 0.6 is 0 Å². The second-order valence-corrected chi connectivity index (χ2v) is 8.25. The second-order valence-electron chi connectivity index (χ2n) is 8.25. The molecule has 0 aromatic heterocycles. The summed E-state index contributed by atoms with van der Waals surface area (Å²) in [4.78, 5) is 39.3. The van der Waals surface area contributed by atoms with E-state index in [-0.39, 0.29) is 18.2 Å². The highest BCUT2D eigenvalue weighted by molar-refractivity contribution is 5.93. The van der Waals surface area contributed by atoms with Gasteiger partial charge in [0.15, 0.2) is 6.61 Å². The molecule has 1 saturated heterocycles. The zero-order valence-corrected chi connectivity index (χ0v) is 19.1. The first-order valence-electron chi connectivity index (χ1n) is 11.1. The lowest BCUT2D eigenvalue weighted by molar-refractivity contribution is -0.151. The molecular formula is C25H31N3O5. The van der Waals surface area contributed by atoms with E-state index in [4.69, 9.17) is 9.47 Å². The number of hydrogen-bond acceptors (Lipinski definition) is 6. The number of nitrogens with one attached hydrogen (secondary N) is 2. The number of anilines is 2. The minimum absolute atomic E-state index is 0.165. The van der Waals surface area contributed by atoms with Crippen LogP contribution < -0.4 is 15.5 Å². The summed E-state index contributed by atoms with van der Waals surface area (Å²) in [5, 5.41) is 5.44. The van der Waals surface area contributed by atoms with E-state index >= 15 is 0 Å². The van der Waals surface area contributed by atoms with Crippen LogP contribution in [0.3, 0.4) is 0 Å². The van der Waals surface area contributed by atoms with E-state index in [1.54, 1.807) is 0 Å². The van der Waals surface area contributed by atoms with Crippen molar-refractivity contribution >= 4 is 29.2 Å². The number of benzene rings is 2. The summed E-state index contributed by atoms with van der Waals surface area (Å²) < 4.78 is 10.5. The van der Waals surface area contributed by atoms with Crippen molar-refractivity contribution < 1.29 is 23.9 Å². The standard InChI is InChI=1S/C25H31N3O5/c1-18(2)24(27-22(29)16-19-6-4-3-5-7-19)25(31)33-17-23(30)26-20-8-10-21(11-9-20)28-12-14-32-15-13-28/h3-11,18,24H,12-17H2,1-2H3,(H,26,30)(H,27,29)/t24-/m1/s1. The van der Waals surface area contributed by atoms with Crippen LogP contribution in [-0.4, -0.2) is 56.7 Å². The molecule has 1 atom stereocenters. The molecule has 2 N–H and O–H groups in total. The molecule has 0 saturated carbocycles. The Kier molecular flexibility index (Phi) is 8.83. The molecule has 0 spiro atoms. The molecular weight excluding hydrogens is 422 g/mol. The van der Waals surface area contributed by atoms with Crippen molar-refractivity contribution in [2.75, 3.05) is 43.1 Å². The first-order chi connectivity index (χ1) is 15.9. The number of ether oxygens (including phenoxy) is 2. The van der Waals surface area contributed by atoms with Crippen molar-refractivity contribution in [1.82, 2.24) is 5.32 Å². The van der Waals surface area contributed by atoms with Gasteiger partial charge in [0.2, 0.25) is 5.91 Å². The highest BCUT2D eigenvalue weighted by Gasteiger charge is 2.26. The largest absolute Gasteiger partial charge is 0.454 e. The van der Waals surface area contributed by atoms with Crippen LogP contribution in [0.2, 0.25) is 0 Å². The first kappa shape index (κ1) is 24.3. The number of nitrogens with zero attached hydrogens (tertiary/aromatic N) is 1. The number of hydrogen-bond donors (Lipinski definition) is 2.